The van der Waals surface area contributed by atoms with Crippen molar-refractivity contribution in [3.05, 3.63) is 47.5 Å². The number of benzene rings is 2. The molecular formula is C34H40N8O7. The Morgan fingerprint density at radius 2 is 1.49 bits per heavy atom. The molecule has 2 aromatic heterocycles. The van der Waals surface area contributed by atoms with Crippen LogP contribution in [0.3, 0.4) is 0 Å². The quantitative estimate of drug-likeness (QED) is 0.149. The van der Waals surface area contributed by atoms with Crippen LogP contribution in [-0.4, -0.2) is 79.5 Å². The van der Waals surface area contributed by atoms with Gasteiger partial charge in [0.15, 0.2) is 0 Å². The third-order valence-electron chi connectivity index (χ3n) is 7.92. The number of aromatic carboxylic acids is 1. The molecule has 1 aliphatic rings. The monoisotopic (exact) mass is 672 g/mol. The molecule has 7 N–H and O–H groups in total. The van der Waals surface area contributed by atoms with Crippen LogP contribution >= 0.6 is 0 Å². The number of carboxylic acid groups (broad SMARTS) is 1. The van der Waals surface area contributed by atoms with Crippen LogP contribution in [0.1, 0.15) is 54.3 Å². The SMILES string of the molecule is COc1cc(C(=O)O)cc2nc(N)n(C/C=C/Cn3c(N)nc4cc(C(N)=O)cc(OCC#CC5CCN(C(=O)OC(C)(C)C)CC5)c43)c12. The van der Waals surface area contributed by atoms with Gasteiger partial charge in [0.1, 0.15) is 34.7 Å². The molecular weight excluding hydrogens is 632 g/mol. The number of rotatable bonds is 9. The first-order chi connectivity index (χ1) is 23.3. The van der Waals surface area contributed by atoms with E-state index < -0.39 is 17.5 Å². The van der Waals surface area contributed by atoms with Crippen molar-refractivity contribution >= 4 is 51.9 Å². The molecule has 0 spiro atoms. The van der Waals surface area contributed by atoms with E-state index in [0.717, 1.165) is 12.8 Å². The van der Waals surface area contributed by atoms with Gasteiger partial charge in [-0.15, -0.1) is 0 Å². The first-order valence-electron chi connectivity index (χ1n) is 15.7. The second kappa shape index (κ2) is 14.1. The number of nitrogen functional groups attached to an aromatic ring is 2. The van der Waals surface area contributed by atoms with Crippen LogP contribution in [0.5, 0.6) is 11.5 Å². The van der Waals surface area contributed by atoms with Crippen LogP contribution in [0.25, 0.3) is 22.1 Å². The third kappa shape index (κ3) is 7.81. The summed E-state index contributed by atoms with van der Waals surface area (Å²) in [7, 11) is 1.45. The van der Waals surface area contributed by atoms with Crippen molar-refractivity contribution in [1.82, 2.24) is 24.0 Å². The minimum Gasteiger partial charge on any atom is -0.494 e. The summed E-state index contributed by atoms with van der Waals surface area (Å²) in [6.45, 7) is 7.29. The molecule has 258 valence electrons. The maximum Gasteiger partial charge on any atom is 0.410 e. The van der Waals surface area contributed by atoms with Crippen molar-refractivity contribution < 1.29 is 33.7 Å². The second-order valence-electron chi connectivity index (χ2n) is 12.5. The maximum atomic E-state index is 12.4. The van der Waals surface area contributed by atoms with Gasteiger partial charge in [-0.2, -0.15) is 0 Å². The lowest BCUT2D eigenvalue weighted by atomic mass is 9.98. The summed E-state index contributed by atoms with van der Waals surface area (Å²) >= 11 is 0. The number of primary amides is 1. The minimum absolute atomic E-state index is 0.0381. The average Bonchev–Trinajstić information content (AvgIpc) is 3.54. The number of allylic oxidation sites excluding steroid dienone is 2. The number of piperidine rings is 1. The highest BCUT2D eigenvalue weighted by molar-refractivity contribution is 5.99. The molecule has 1 fully saturated rings. The number of aromatic nitrogens is 4. The highest BCUT2D eigenvalue weighted by Gasteiger charge is 2.26. The summed E-state index contributed by atoms with van der Waals surface area (Å²) in [5.41, 5.74) is 19.7. The number of carboxylic acids is 1. The van der Waals surface area contributed by atoms with E-state index >= 15 is 0 Å². The summed E-state index contributed by atoms with van der Waals surface area (Å²) in [6.07, 6.45) is 4.84. The van der Waals surface area contributed by atoms with Crippen molar-refractivity contribution in [2.75, 3.05) is 38.3 Å². The Hall–Kier alpha value is -5.91. The van der Waals surface area contributed by atoms with Gasteiger partial charge in [-0.05, 0) is 57.9 Å². The number of likely N-dealkylation sites (tertiary alicyclic amines) is 1. The van der Waals surface area contributed by atoms with Gasteiger partial charge in [0.2, 0.25) is 17.8 Å². The van der Waals surface area contributed by atoms with E-state index in [0.29, 0.717) is 59.7 Å². The van der Waals surface area contributed by atoms with Crippen molar-refractivity contribution in [1.29, 1.82) is 0 Å². The predicted octanol–water partition coefficient (Wildman–Crippen LogP) is 3.64. The molecule has 5 rings (SSSR count). The first-order valence-corrected chi connectivity index (χ1v) is 15.7. The Morgan fingerprint density at radius 1 is 0.939 bits per heavy atom. The molecule has 15 nitrogen and oxygen atoms in total. The zero-order valence-electron chi connectivity index (χ0n) is 27.9. The molecule has 0 aliphatic carbocycles. The molecule has 1 saturated heterocycles. The van der Waals surface area contributed by atoms with Crippen molar-refractivity contribution in [3.8, 4) is 23.3 Å². The molecule has 0 unspecified atom stereocenters. The minimum atomic E-state index is -1.10. The van der Waals surface area contributed by atoms with Gasteiger partial charge < -0.3 is 50.6 Å². The number of carbonyl (C=O) groups is 3. The number of hydrogen-bond donors (Lipinski definition) is 4. The fraction of sp³-hybridized carbons (Fsp3) is 0.382. The van der Waals surface area contributed by atoms with Gasteiger partial charge in [0, 0.05) is 37.7 Å². The van der Waals surface area contributed by atoms with Crippen LogP contribution in [0, 0.1) is 17.8 Å². The Labute approximate surface area is 282 Å². The highest BCUT2D eigenvalue weighted by atomic mass is 16.6. The molecule has 4 aromatic rings. The Morgan fingerprint density at radius 3 is 2.02 bits per heavy atom. The van der Waals surface area contributed by atoms with Gasteiger partial charge in [-0.1, -0.05) is 24.0 Å². The summed E-state index contributed by atoms with van der Waals surface area (Å²) in [4.78, 5) is 46.4. The maximum absolute atomic E-state index is 12.4. The zero-order valence-corrected chi connectivity index (χ0v) is 27.9. The van der Waals surface area contributed by atoms with Gasteiger partial charge in [0.25, 0.3) is 0 Å². The van der Waals surface area contributed by atoms with Crippen molar-refractivity contribution in [3.63, 3.8) is 0 Å². The number of nitrogens with two attached hydrogens (primary N) is 3. The molecule has 0 atom stereocenters. The molecule has 0 saturated carbocycles. The first kappa shape index (κ1) is 34.4. The van der Waals surface area contributed by atoms with Crippen LogP contribution in [0.4, 0.5) is 16.7 Å². The Balaban J connectivity index is 1.30. The van der Waals surface area contributed by atoms with Crippen molar-refractivity contribution in [2.24, 2.45) is 11.7 Å². The van der Waals surface area contributed by atoms with E-state index in [1.54, 1.807) is 26.2 Å². The lowest BCUT2D eigenvalue weighted by Gasteiger charge is -2.31. The molecule has 0 bridgehead atoms. The number of carbonyl (C=O) groups excluding carboxylic acids is 2. The predicted molar refractivity (Wildman–Crippen MR) is 183 cm³/mol. The number of anilines is 2. The summed E-state index contributed by atoms with van der Waals surface area (Å²) < 4.78 is 20.4. The summed E-state index contributed by atoms with van der Waals surface area (Å²) in [5.74, 6) is 5.74. The number of methoxy groups -OCH3 is 1. The molecule has 3 heterocycles. The Bertz CT molecular complexity index is 2000. The van der Waals surface area contributed by atoms with E-state index in [4.69, 9.17) is 31.4 Å². The van der Waals surface area contributed by atoms with Crippen molar-refractivity contribution in [2.45, 2.75) is 52.3 Å². The van der Waals surface area contributed by atoms with Gasteiger partial charge in [-0.3, -0.25) is 4.79 Å². The zero-order chi connectivity index (χ0) is 35.5. The van der Waals surface area contributed by atoms with E-state index in [1.165, 1.54) is 19.2 Å². The van der Waals surface area contributed by atoms with Gasteiger partial charge in [0.05, 0.1) is 23.7 Å². The third-order valence-corrected chi connectivity index (χ3v) is 7.92. The Kier molecular flexibility index (Phi) is 9.88. The van der Waals surface area contributed by atoms with Crippen LogP contribution < -0.4 is 26.7 Å². The van der Waals surface area contributed by atoms with Gasteiger partial charge >= 0.3 is 12.1 Å². The van der Waals surface area contributed by atoms with E-state index in [9.17, 15) is 19.5 Å². The summed E-state index contributed by atoms with van der Waals surface area (Å²) in [6, 6.07) is 5.97. The number of hydrogen-bond acceptors (Lipinski definition) is 10. The number of nitrogens with zero attached hydrogens (tertiary/aromatic N) is 5. The van der Waals surface area contributed by atoms with Crippen LogP contribution in [0.15, 0.2) is 36.4 Å². The lowest BCUT2D eigenvalue weighted by molar-refractivity contribution is 0.0199. The van der Waals surface area contributed by atoms with E-state index in [2.05, 4.69) is 21.8 Å². The largest absolute Gasteiger partial charge is 0.494 e. The van der Waals surface area contributed by atoms with E-state index in [1.807, 2.05) is 32.9 Å². The average molecular weight is 673 g/mol. The topological polar surface area (TPSA) is 216 Å². The number of amides is 2. The fourth-order valence-electron chi connectivity index (χ4n) is 5.59. The van der Waals surface area contributed by atoms with E-state index in [-0.39, 0.29) is 41.6 Å². The van der Waals surface area contributed by atoms with Crippen LogP contribution in [0.2, 0.25) is 0 Å². The van der Waals surface area contributed by atoms with Crippen LogP contribution in [-0.2, 0) is 17.8 Å². The molecule has 1 aliphatic heterocycles. The standard InChI is InChI=1S/C34H40N8O7/c1-34(2,3)49-33(46)40-13-9-20(10-14-40)8-7-15-48-26-18-21(29(35)43)16-23-28(26)42(32(37)38-23)12-6-5-11-41-27-24(39-31(41)36)17-22(30(44)45)19-25(27)47-4/h5-6,16-20H,9-15H2,1-4H3,(H2,35,43)(H2,36,39)(H2,37,38)(H,44,45)/b6-5+. The second-order valence-corrected chi connectivity index (χ2v) is 12.5. The summed E-state index contributed by atoms with van der Waals surface area (Å²) in [5, 5.41) is 9.42. The normalized spacial score (nSPS) is 13.8. The lowest BCUT2D eigenvalue weighted by Crippen LogP contribution is -2.41. The number of fused-ring (bicyclic) bond motifs is 2. The molecule has 2 aromatic carbocycles. The molecule has 15 heteroatoms. The number of imidazole rings is 2. The molecule has 0 radical (unpaired) electrons. The number of ether oxygens (including phenoxy) is 3. The molecule has 49 heavy (non-hydrogen) atoms. The highest BCUT2D eigenvalue weighted by Crippen LogP contribution is 2.31. The fourth-order valence-corrected chi connectivity index (χ4v) is 5.59. The smallest absolute Gasteiger partial charge is 0.410 e. The van der Waals surface area contributed by atoms with Gasteiger partial charge in [-0.25, -0.2) is 19.6 Å². The molecule has 2 amide bonds.